The summed E-state index contributed by atoms with van der Waals surface area (Å²) in [6.07, 6.45) is 0.381. The number of aliphatic hydroxyl groups is 1. The van der Waals surface area contributed by atoms with Crippen LogP contribution >= 0.6 is 43.2 Å². The van der Waals surface area contributed by atoms with Crippen molar-refractivity contribution in [3.8, 4) is 0 Å². The van der Waals surface area contributed by atoms with Gasteiger partial charge in [-0.1, -0.05) is 38.8 Å². The summed E-state index contributed by atoms with van der Waals surface area (Å²) < 4.78 is 1.97. The van der Waals surface area contributed by atoms with Crippen molar-refractivity contribution < 1.29 is 5.11 Å². The van der Waals surface area contributed by atoms with Gasteiger partial charge in [0, 0.05) is 19.4 Å². The average Bonchev–Trinajstić information content (AvgIpc) is 2.81. The third kappa shape index (κ3) is 2.72. The van der Waals surface area contributed by atoms with Crippen LogP contribution in [-0.4, -0.2) is 5.11 Å². The summed E-state index contributed by atoms with van der Waals surface area (Å²) in [5, 5.41) is 12.6. The summed E-state index contributed by atoms with van der Waals surface area (Å²) in [6.45, 7) is 4.14. The van der Waals surface area contributed by atoms with Crippen molar-refractivity contribution in [1.29, 1.82) is 0 Å². The summed E-state index contributed by atoms with van der Waals surface area (Å²) >= 11 is 8.67. The van der Waals surface area contributed by atoms with E-state index in [1.54, 1.807) is 11.3 Å². The second kappa shape index (κ2) is 5.87. The van der Waals surface area contributed by atoms with Gasteiger partial charge in [0.15, 0.2) is 0 Å². The van der Waals surface area contributed by atoms with Crippen molar-refractivity contribution in [2.75, 3.05) is 0 Å². The molecule has 0 aliphatic rings. The molecule has 18 heavy (non-hydrogen) atoms. The van der Waals surface area contributed by atoms with Gasteiger partial charge in [0.05, 0.1) is 0 Å². The normalized spacial score (nSPS) is 12.7. The van der Waals surface area contributed by atoms with Gasteiger partial charge in [-0.2, -0.15) is 0 Å². The van der Waals surface area contributed by atoms with Crippen LogP contribution < -0.4 is 0 Å². The maximum atomic E-state index is 10.5. The minimum atomic E-state index is -0.564. The molecule has 0 fully saturated rings. The first-order valence-corrected chi connectivity index (χ1v) is 8.21. The second-order valence-corrected chi connectivity index (χ2v) is 6.85. The Balaban J connectivity index is 2.46. The fourth-order valence-electron chi connectivity index (χ4n) is 1.89. The third-order valence-corrected chi connectivity index (χ3v) is 5.54. The van der Waals surface area contributed by atoms with Crippen molar-refractivity contribution in [3.05, 3.63) is 54.1 Å². The van der Waals surface area contributed by atoms with Gasteiger partial charge >= 0.3 is 0 Å². The molecule has 0 amide bonds. The van der Waals surface area contributed by atoms with E-state index in [2.05, 4.69) is 44.8 Å². The summed E-state index contributed by atoms with van der Waals surface area (Å²) in [5.74, 6) is 0. The van der Waals surface area contributed by atoms with Crippen LogP contribution in [0.1, 0.15) is 34.6 Å². The minimum absolute atomic E-state index is 0.564. The van der Waals surface area contributed by atoms with Crippen LogP contribution in [0.4, 0.5) is 0 Å². The molecule has 1 nitrogen and oxygen atoms in total. The Morgan fingerprint density at radius 2 is 2.00 bits per heavy atom. The van der Waals surface area contributed by atoms with Crippen LogP contribution in [0.15, 0.2) is 32.5 Å². The smallest absolute Gasteiger partial charge is 0.115 e. The molecule has 1 heterocycles. The van der Waals surface area contributed by atoms with Crippen LogP contribution in [0.25, 0.3) is 0 Å². The SMILES string of the molecule is CCc1ccsc1C(O)c1cc(Br)c(C)cc1Br. The van der Waals surface area contributed by atoms with E-state index in [0.717, 1.165) is 31.4 Å². The Bertz CT molecular complexity index is 563. The van der Waals surface area contributed by atoms with E-state index in [4.69, 9.17) is 0 Å². The molecule has 0 aliphatic heterocycles. The topological polar surface area (TPSA) is 20.2 Å². The zero-order valence-corrected chi connectivity index (χ0v) is 14.2. The van der Waals surface area contributed by atoms with Crippen LogP contribution in [-0.2, 0) is 6.42 Å². The number of aliphatic hydroxyl groups excluding tert-OH is 1. The molecule has 0 spiro atoms. The molecule has 2 rings (SSSR count). The van der Waals surface area contributed by atoms with Crippen molar-refractivity contribution in [2.45, 2.75) is 26.4 Å². The van der Waals surface area contributed by atoms with E-state index in [0.29, 0.717) is 0 Å². The van der Waals surface area contributed by atoms with Gasteiger partial charge in [-0.05, 0) is 48.1 Å². The van der Waals surface area contributed by atoms with E-state index in [-0.39, 0.29) is 0 Å². The molecule has 1 unspecified atom stereocenters. The Morgan fingerprint density at radius 3 is 2.67 bits per heavy atom. The molecule has 1 aromatic heterocycles. The lowest BCUT2D eigenvalue weighted by Gasteiger charge is -2.15. The number of hydrogen-bond donors (Lipinski definition) is 1. The zero-order valence-electron chi connectivity index (χ0n) is 10.2. The summed E-state index contributed by atoms with van der Waals surface area (Å²) in [4.78, 5) is 1.04. The molecule has 96 valence electrons. The number of aryl methyl sites for hydroxylation is 2. The molecule has 0 radical (unpaired) electrons. The highest BCUT2D eigenvalue weighted by Crippen LogP contribution is 2.36. The molecule has 0 saturated carbocycles. The minimum Gasteiger partial charge on any atom is -0.383 e. The third-order valence-electron chi connectivity index (χ3n) is 2.98. The molecule has 1 N–H and O–H groups in total. The van der Waals surface area contributed by atoms with E-state index < -0.39 is 6.10 Å². The molecular formula is C14H14Br2OS. The monoisotopic (exact) mass is 388 g/mol. The molecule has 4 heteroatoms. The molecule has 0 saturated heterocycles. The predicted octanol–water partition coefficient (Wildman–Crippen LogP) is 5.23. The van der Waals surface area contributed by atoms with Gasteiger partial charge < -0.3 is 5.11 Å². The van der Waals surface area contributed by atoms with Crippen molar-refractivity contribution in [3.63, 3.8) is 0 Å². The highest BCUT2D eigenvalue weighted by molar-refractivity contribution is 9.11. The highest BCUT2D eigenvalue weighted by atomic mass is 79.9. The largest absolute Gasteiger partial charge is 0.383 e. The molecular weight excluding hydrogens is 376 g/mol. The van der Waals surface area contributed by atoms with E-state index >= 15 is 0 Å². The Labute approximate surface area is 128 Å². The fourth-order valence-corrected chi connectivity index (χ4v) is 3.93. The van der Waals surface area contributed by atoms with E-state index in [1.165, 1.54) is 5.56 Å². The summed E-state index contributed by atoms with van der Waals surface area (Å²) in [6, 6.07) is 6.10. The van der Waals surface area contributed by atoms with Gasteiger partial charge in [0.2, 0.25) is 0 Å². The van der Waals surface area contributed by atoms with Crippen LogP contribution in [0.5, 0.6) is 0 Å². The predicted molar refractivity (Wildman–Crippen MR) is 84.3 cm³/mol. The number of halogens is 2. The van der Waals surface area contributed by atoms with Crippen LogP contribution in [0.2, 0.25) is 0 Å². The van der Waals surface area contributed by atoms with Gasteiger partial charge in [-0.15, -0.1) is 11.3 Å². The Hall–Kier alpha value is -0.160. The average molecular weight is 390 g/mol. The van der Waals surface area contributed by atoms with E-state index in [9.17, 15) is 5.11 Å². The van der Waals surface area contributed by atoms with Crippen molar-refractivity contribution in [1.82, 2.24) is 0 Å². The lowest BCUT2D eigenvalue weighted by atomic mass is 10.0. The highest BCUT2D eigenvalue weighted by Gasteiger charge is 2.18. The van der Waals surface area contributed by atoms with Crippen LogP contribution in [0.3, 0.4) is 0 Å². The number of hydrogen-bond acceptors (Lipinski definition) is 2. The lowest BCUT2D eigenvalue weighted by Crippen LogP contribution is -2.01. The van der Waals surface area contributed by atoms with Crippen molar-refractivity contribution in [2.24, 2.45) is 0 Å². The first kappa shape index (κ1) is 14.3. The summed E-state index contributed by atoms with van der Waals surface area (Å²) in [5.41, 5.74) is 3.28. The molecule has 0 aliphatic carbocycles. The maximum absolute atomic E-state index is 10.5. The summed E-state index contributed by atoms with van der Waals surface area (Å²) in [7, 11) is 0. The lowest BCUT2D eigenvalue weighted by molar-refractivity contribution is 0.222. The molecule has 2 aromatic rings. The number of rotatable bonds is 3. The Morgan fingerprint density at radius 1 is 1.28 bits per heavy atom. The quantitative estimate of drug-likeness (QED) is 0.762. The molecule has 1 aromatic carbocycles. The van der Waals surface area contributed by atoms with E-state index in [1.807, 2.05) is 24.4 Å². The number of thiophene rings is 1. The number of benzene rings is 1. The fraction of sp³-hybridized carbons (Fsp3) is 0.286. The van der Waals surface area contributed by atoms with Crippen LogP contribution in [0, 0.1) is 6.92 Å². The first-order chi connectivity index (χ1) is 8.54. The standard InChI is InChI=1S/C14H14Br2OS/c1-3-9-4-5-18-14(9)13(17)10-7-11(15)8(2)6-12(10)16/h4-7,13,17H,3H2,1-2H3. The molecule has 0 bridgehead atoms. The van der Waals surface area contributed by atoms with Gasteiger partial charge in [-0.25, -0.2) is 0 Å². The first-order valence-electron chi connectivity index (χ1n) is 5.74. The van der Waals surface area contributed by atoms with Gasteiger partial charge in [0.1, 0.15) is 6.10 Å². The van der Waals surface area contributed by atoms with Gasteiger partial charge in [-0.3, -0.25) is 0 Å². The Kier molecular flexibility index (Phi) is 4.64. The molecule has 1 atom stereocenters. The zero-order chi connectivity index (χ0) is 13.3. The van der Waals surface area contributed by atoms with Crippen molar-refractivity contribution >= 4 is 43.2 Å². The van der Waals surface area contributed by atoms with Gasteiger partial charge in [0.25, 0.3) is 0 Å². The maximum Gasteiger partial charge on any atom is 0.115 e. The second-order valence-electron chi connectivity index (χ2n) is 4.19.